The highest BCUT2D eigenvalue weighted by atomic mass is 16.1. The van der Waals surface area contributed by atoms with Gasteiger partial charge in [-0.25, -0.2) is 9.97 Å². The van der Waals surface area contributed by atoms with E-state index in [4.69, 9.17) is 5.73 Å². The Morgan fingerprint density at radius 2 is 1.88 bits per heavy atom. The summed E-state index contributed by atoms with van der Waals surface area (Å²) in [4.78, 5) is 20.6. The van der Waals surface area contributed by atoms with Gasteiger partial charge in [-0.15, -0.1) is 0 Å². The number of nitrogens with zero attached hydrogens (tertiary/aromatic N) is 2. The molecule has 1 amide bonds. The minimum Gasteiger partial charge on any atom is -0.368 e. The minimum absolute atomic E-state index is 0.0598. The second kappa shape index (κ2) is 6.36. The molecule has 0 saturated heterocycles. The van der Waals surface area contributed by atoms with Crippen molar-refractivity contribution in [2.24, 2.45) is 0 Å². The number of nitrogen functional groups attached to an aromatic ring is 1. The van der Waals surface area contributed by atoms with E-state index >= 15 is 0 Å². The van der Waals surface area contributed by atoms with Crippen molar-refractivity contribution >= 4 is 11.9 Å². The summed E-state index contributed by atoms with van der Waals surface area (Å²) in [5.41, 5.74) is 10.4. The molecule has 2 aromatic carbocycles. The van der Waals surface area contributed by atoms with Crippen LogP contribution in [0.3, 0.4) is 0 Å². The Balaban J connectivity index is 1.50. The Bertz CT molecular complexity index is 921. The Morgan fingerprint density at radius 1 is 1.08 bits per heavy atom. The number of rotatable bonds is 3. The zero-order valence-corrected chi connectivity index (χ0v) is 13.6. The average Bonchev–Trinajstić information content (AvgIpc) is 3.05. The summed E-state index contributed by atoms with van der Waals surface area (Å²) in [5, 5.41) is 3.14. The first kappa shape index (κ1) is 15.3. The number of amides is 1. The number of hydrogen-bond acceptors (Lipinski definition) is 4. The first-order valence-electron chi connectivity index (χ1n) is 8.28. The maximum Gasteiger partial charge on any atom is 0.251 e. The maximum absolute atomic E-state index is 12.6. The van der Waals surface area contributed by atoms with Crippen molar-refractivity contribution in [3.63, 3.8) is 0 Å². The zero-order valence-electron chi connectivity index (χ0n) is 13.6. The Kier molecular flexibility index (Phi) is 3.90. The third-order valence-corrected chi connectivity index (χ3v) is 4.56. The van der Waals surface area contributed by atoms with Gasteiger partial charge in [0.2, 0.25) is 5.95 Å². The monoisotopic (exact) mass is 330 g/mol. The van der Waals surface area contributed by atoms with E-state index in [0.717, 1.165) is 24.1 Å². The molecule has 1 atom stereocenters. The molecule has 5 nitrogen and oxygen atoms in total. The van der Waals surface area contributed by atoms with Crippen molar-refractivity contribution < 1.29 is 4.79 Å². The molecule has 1 aliphatic rings. The van der Waals surface area contributed by atoms with Crippen LogP contribution in [0.1, 0.15) is 33.9 Å². The number of nitrogens with one attached hydrogen (secondary N) is 1. The van der Waals surface area contributed by atoms with Crippen molar-refractivity contribution in [2.45, 2.75) is 18.9 Å². The van der Waals surface area contributed by atoms with Crippen LogP contribution in [0.4, 0.5) is 5.95 Å². The maximum atomic E-state index is 12.6. The molecule has 0 spiro atoms. The van der Waals surface area contributed by atoms with Crippen molar-refractivity contribution in [1.29, 1.82) is 0 Å². The summed E-state index contributed by atoms with van der Waals surface area (Å²) in [6, 6.07) is 17.5. The molecule has 4 rings (SSSR count). The van der Waals surface area contributed by atoms with Crippen LogP contribution in [0.25, 0.3) is 11.3 Å². The summed E-state index contributed by atoms with van der Waals surface area (Å²) in [7, 11) is 0. The molecule has 1 unspecified atom stereocenters. The molecule has 0 radical (unpaired) electrons. The number of nitrogens with two attached hydrogens (primary N) is 1. The highest BCUT2D eigenvalue weighted by Gasteiger charge is 2.23. The van der Waals surface area contributed by atoms with Crippen LogP contribution in [0, 0.1) is 0 Å². The Labute approximate surface area is 145 Å². The zero-order chi connectivity index (χ0) is 17.2. The van der Waals surface area contributed by atoms with Crippen molar-refractivity contribution in [2.75, 3.05) is 5.73 Å². The fourth-order valence-electron chi connectivity index (χ4n) is 3.28. The minimum atomic E-state index is -0.0598. The number of aromatic nitrogens is 2. The average molecular weight is 330 g/mol. The Hall–Kier alpha value is -3.21. The van der Waals surface area contributed by atoms with Crippen molar-refractivity contribution in [1.82, 2.24) is 15.3 Å². The summed E-state index contributed by atoms with van der Waals surface area (Å²) in [5.74, 6) is 0.176. The lowest BCUT2D eigenvalue weighted by molar-refractivity contribution is 0.0936. The number of aryl methyl sites for hydroxylation is 1. The SMILES string of the molecule is Nc1nccc(-c2ccc(C(=O)NC3CCc4ccccc43)cc2)n1. The molecule has 1 aliphatic carbocycles. The predicted molar refractivity (Wildman–Crippen MR) is 96.9 cm³/mol. The summed E-state index contributed by atoms with van der Waals surface area (Å²) >= 11 is 0. The molecule has 0 saturated carbocycles. The van der Waals surface area contributed by atoms with Gasteiger partial charge in [-0.1, -0.05) is 36.4 Å². The van der Waals surface area contributed by atoms with E-state index in [2.05, 4.69) is 27.4 Å². The number of carbonyl (C=O) groups excluding carboxylic acids is 1. The van der Waals surface area contributed by atoms with Gasteiger partial charge < -0.3 is 11.1 Å². The van der Waals surface area contributed by atoms with Crippen LogP contribution in [-0.2, 0) is 6.42 Å². The van der Waals surface area contributed by atoms with Gasteiger partial charge in [-0.2, -0.15) is 0 Å². The van der Waals surface area contributed by atoms with Crippen molar-refractivity contribution in [3.05, 3.63) is 77.5 Å². The summed E-state index contributed by atoms with van der Waals surface area (Å²) < 4.78 is 0. The smallest absolute Gasteiger partial charge is 0.251 e. The molecular weight excluding hydrogens is 312 g/mol. The fraction of sp³-hybridized carbons (Fsp3) is 0.150. The molecule has 124 valence electrons. The molecular formula is C20H18N4O. The largest absolute Gasteiger partial charge is 0.368 e. The molecule has 0 bridgehead atoms. The van der Waals surface area contributed by atoms with Gasteiger partial charge in [0.25, 0.3) is 5.91 Å². The van der Waals surface area contributed by atoms with E-state index in [-0.39, 0.29) is 17.9 Å². The van der Waals surface area contributed by atoms with Gasteiger partial charge in [0, 0.05) is 17.3 Å². The van der Waals surface area contributed by atoms with Crippen LogP contribution in [0.15, 0.2) is 60.8 Å². The van der Waals surface area contributed by atoms with Gasteiger partial charge in [0.1, 0.15) is 0 Å². The molecule has 25 heavy (non-hydrogen) atoms. The second-order valence-electron chi connectivity index (χ2n) is 6.14. The van der Waals surface area contributed by atoms with Gasteiger partial charge >= 0.3 is 0 Å². The highest BCUT2D eigenvalue weighted by molar-refractivity contribution is 5.95. The fourth-order valence-corrected chi connectivity index (χ4v) is 3.28. The van der Waals surface area contributed by atoms with Gasteiger partial charge in [-0.3, -0.25) is 4.79 Å². The molecule has 5 heteroatoms. The quantitative estimate of drug-likeness (QED) is 0.773. The topological polar surface area (TPSA) is 80.9 Å². The molecule has 0 fully saturated rings. The molecule has 1 aromatic heterocycles. The van der Waals surface area contributed by atoms with E-state index in [1.807, 2.05) is 36.4 Å². The third-order valence-electron chi connectivity index (χ3n) is 4.56. The second-order valence-corrected chi connectivity index (χ2v) is 6.14. The first-order valence-corrected chi connectivity index (χ1v) is 8.28. The summed E-state index contributed by atoms with van der Waals surface area (Å²) in [6.07, 6.45) is 3.58. The molecule has 1 heterocycles. The predicted octanol–water partition coefficient (Wildman–Crippen LogP) is 3.14. The van der Waals surface area contributed by atoms with Crippen LogP contribution in [0.2, 0.25) is 0 Å². The lowest BCUT2D eigenvalue weighted by Crippen LogP contribution is -2.27. The number of fused-ring (bicyclic) bond motifs is 1. The summed E-state index contributed by atoms with van der Waals surface area (Å²) in [6.45, 7) is 0. The van der Waals surface area contributed by atoms with E-state index in [1.54, 1.807) is 12.3 Å². The van der Waals surface area contributed by atoms with Crippen LogP contribution >= 0.6 is 0 Å². The molecule has 0 aliphatic heterocycles. The number of benzene rings is 2. The van der Waals surface area contributed by atoms with E-state index in [0.29, 0.717) is 5.56 Å². The van der Waals surface area contributed by atoms with E-state index in [1.165, 1.54) is 11.1 Å². The van der Waals surface area contributed by atoms with E-state index < -0.39 is 0 Å². The van der Waals surface area contributed by atoms with Crippen LogP contribution < -0.4 is 11.1 Å². The Morgan fingerprint density at radius 3 is 2.68 bits per heavy atom. The number of anilines is 1. The lowest BCUT2D eigenvalue weighted by Gasteiger charge is -2.14. The number of hydrogen-bond donors (Lipinski definition) is 2. The normalized spacial score (nSPS) is 15.6. The number of carbonyl (C=O) groups is 1. The standard InChI is InChI=1S/C20H18N4O/c21-20-22-12-11-17(24-20)14-5-7-15(8-6-14)19(25)23-18-10-9-13-3-1-2-4-16(13)18/h1-8,11-12,18H,9-10H2,(H,23,25)(H2,21,22,24). The molecule has 3 aromatic rings. The lowest BCUT2D eigenvalue weighted by atomic mass is 10.1. The van der Waals surface area contributed by atoms with Gasteiger partial charge in [0.05, 0.1) is 11.7 Å². The van der Waals surface area contributed by atoms with Crippen LogP contribution in [-0.4, -0.2) is 15.9 Å². The van der Waals surface area contributed by atoms with Gasteiger partial charge in [0.15, 0.2) is 0 Å². The first-order chi connectivity index (χ1) is 12.2. The van der Waals surface area contributed by atoms with Gasteiger partial charge in [-0.05, 0) is 42.2 Å². The van der Waals surface area contributed by atoms with Crippen LogP contribution in [0.5, 0.6) is 0 Å². The third kappa shape index (κ3) is 3.08. The highest BCUT2D eigenvalue weighted by Crippen LogP contribution is 2.31. The molecule has 3 N–H and O–H groups in total. The van der Waals surface area contributed by atoms with Crippen molar-refractivity contribution in [3.8, 4) is 11.3 Å². The van der Waals surface area contributed by atoms with E-state index in [9.17, 15) is 4.79 Å².